The summed E-state index contributed by atoms with van der Waals surface area (Å²) in [5.74, 6) is 0.262. The van der Waals surface area contributed by atoms with E-state index in [0.29, 0.717) is 24.1 Å². The first-order valence-corrected chi connectivity index (χ1v) is 6.59. The number of fused-ring (bicyclic) bond motifs is 3. The number of aliphatic imine (C=N–C) groups is 1. The first-order chi connectivity index (χ1) is 8.74. The predicted molar refractivity (Wildman–Crippen MR) is 70.3 cm³/mol. The maximum atomic E-state index is 11.5. The SMILES string of the molecule is CCOC(=O)C(C=NC1CN2CCC1CC2)=CN. The van der Waals surface area contributed by atoms with Gasteiger partial charge in [-0.3, -0.25) is 4.99 Å². The number of nitrogens with zero attached hydrogens (tertiary/aromatic N) is 2. The third-order valence-electron chi connectivity index (χ3n) is 3.72. The summed E-state index contributed by atoms with van der Waals surface area (Å²) >= 11 is 0. The molecule has 3 aliphatic heterocycles. The fraction of sp³-hybridized carbons (Fsp3) is 0.692. The molecule has 0 aromatic carbocycles. The molecule has 2 bridgehead atoms. The number of carbonyl (C=O) groups excluding carboxylic acids is 1. The van der Waals surface area contributed by atoms with Gasteiger partial charge >= 0.3 is 5.97 Å². The Hall–Kier alpha value is -1.36. The van der Waals surface area contributed by atoms with Crippen molar-refractivity contribution >= 4 is 12.2 Å². The topological polar surface area (TPSA) is 67.9 Å². The highest BCUT2D eigenvalue weighted by molar-refractivity contribution is 6.09. The summed E-state index contributed by atoms with van der Waals surface area (Å²) < 4.78 is 4.91. The molecule has 0 saturated carbocycles. The molecular formula is C13H21N3O2. The van der Waals surface area contributed by atoms with Crippen LogP contribution >= 0.6 is 0 Å². The van der Waals surface area contributed by atoms with E-state index < -0.39 is 5.97 Å². The molecule has 0 aliphatic carbocycles. The lowest BCUT2D eigenvalue weighted by molar-refractivity contribution is -0.137. The Bertz CT molecular complexity index is 357. The maximum Gasteiger partial charge on any atom is 0.341 e. The number of carbonyl (C=O) groups is 1. The molecule has 0 spiro atoms. The lowest BCUT2D eigenvalue weighted by Crippen LogP contribution is -2.49. The summed E-state index contributed by atoms with van der Waals surface area (Å²) in [4.78, 5) is 18.5. The van der Waals surface area contributed by atoms with E-state index in [9.17, 15) is 4.79 Å². The zero-order chi connectivity index (χ0) is 13.0. The van der Waals surface area contributed by atoms with Crippen molar-refractivity contribution in [2.24, 2.45) is 16.6 Å². The lowest BCUT2D eigenvalue weighted by atomic mass is 9.84. The van der Waals surface area contributed by atoms with Crippen molar-refractivity contribution in [3.8, 4) is 0 Å². The second-order valence-corrected chi connectivity index (χ2v) is 4.83. The largest absolute Gasteiger partial charge is 0.462 e. The van der Waals surface area contributed by atoms with Gasteiger partial charge in [-0.25, -0.2) is 4.79 Å². The molecule has 5 nitrogen and oxygen atoms in total. The second kappa shape index (κ2) is 6.00. The zero-order valence-electron chi connectivity index (χ0n) is 10.8. The van der Waals surface area contributed by atoms with E-state index in [2.05, 4.69) is 9.89 Å². The highest BCUT2D eigenvalue weighted by Gasteiger charge is 2.33. The van der Waals surface area contributed by atoms with Gasteiger partial charge in [0.1, 0.15) is 0 Å². The van der Waals surface area contributed by atoms with Crippen molar-refractivity contribution in [3.63, 3.8) is 0 Å². The first kappa shape index (κ1) is 13.1. The van der Waals surface area contributed by atoms with Gasteiger partial charge in [0.25, 0.3) is 0 Å². The van der Waals surface area contributed by atoms with Gasteiger partial charge in [0, 0.05) is 19.0 Å². The molecule has 1 unspecified atom stereocenters. The second-order valence-electron chi connectivity index (χ2n) is 4.83. The molecule has 0 aromatic rings. The van der Waals surface area contributed by atoms with Gasteiger partial charge < -0.3 is 15.4 Å². The molecule has 0 amide bonds. The molecule has 3 fully saturated rings. The highest BCUT2D eigenvalue weighted by atomic mass is 16.5. The summed E-state index contributed by atoms with van der Waals surface area (Å²) in [7, 11) is 0. The fourth-order valence-corrected chi connectivity index (χ4v) is 2.66. The molecule has 3 rings (SSSR count). The highest BCUT2D eigenvalue weighted by Crippen LogP contribution is 2.29. The van der Waals surface area contributed by atoms with Crippen LogP contribution in [0.25, 0.3) is 0 Å². The van der Waals surface area contributed by atoms with Crippen LogP contribution in [0, 0.1) is 5.92 Å². The molecule has 1 atom stereocenters. The van der Waals surface area contributed by atoms with Crippen LogP contribution < -0.4 is 5.73 Å². The lowest BCUT2D eigenvalue weighted by Gasteiger charge is -2.43. The standard InChI is InChI=1S/C13H21N3O2/c1-2-18-13(17)11(7-14)8-15-12-9-16-5-3-10(12)4-6-16/h7-8,10,12H,2-6,9,14H2,1H3. The van der Waals surface area contributed by atoms with E-state index in [-0.39, 0.29) is 0 Å². The number of piperidine rings is 3. The minimum atomic E-state index is -0.398. The van der Waals surface area contributed by atoms with Crippen LogP contribution in [0.5, 0.6) is 0 Å². The maximum absolute atomic E-state index is 11.5. The number of hydrogen-bond acceptors (Lipinski definition) is 5. The summed E-state index contributed by atoms with van der Waals surface area (Å²) in [5.41, 5.74) is 5.77. The van der Waals surface area contributed by atoms with Crippen molar-refractivity contribution < 1.29 is 9.53 Å². The third kappa shape index (κ3) is 2.90. The Balaban J connectivity index is 1.95. The van der Waals surface area contributed by atoms with Crippen LogP contribution in [0.3, 0.4) is 0 Å². The van der Waals surface area contributed by atoms with Gasteiger partial charge in [-0.15, -0.1) is 0 Å². The van der Waals surface area contributed by atoms with Crippen LogP contribution in [0.2, 0.25) is 0 Å². The van der Waals surface area contributed by atoms with Gasteiger partial charge in [0.05, 0.1) is 18.2 Å². The Labute approximate surface area is 108 Å². The molecule has 0 aromatic heterocycles. The van der Waals surface area contributed by atoms with E-state index in [4.69, 9.17) is 10.5 Å². The minimum absolute atomic E-state index is 0.303. The van der Waals surface area contributed by atoms with Crippen LogP contribution in [0.1, 0.15) is 19.8 Å². The molecular weight excluding hydrogens is 230 g/mol. The van der Waals surface area contributed by atoms with Crippen molar-refractivity contribution in [2.45, 2.75) is 25.8 Å². The Morgan fingerprint density at radius 1 is 1.50 bits per heavy atom. The van der Waals surface area contributed by atoms with Crippen LogP contribution in [0.4, 0.5) is 0 Å². The monoisotopic (exact) mass is 251 g/mol. The number of esters is 1. The van der Waals surface area contributed by atoms with Crippen molar-refractivity contribution in [1.82, 2.24) is 4.90 Å². The summed E-state index contributed by atoms with van der Waals surface area (Å²) in [6, 6.07) is 0.303. The number of hydrogen-bond donors (Lipinski definition) is 1. The van der Waals surface area contributed by atoms with Gasteiger partial charge in [-0.2, -0.15) is 0 Å². The van der Waals surface area contributed by atoms with E-state index in [1.165, 1.54) is 32.1 Å². The first-order valence-electron chi connectivity index (χ1n) is 6.59. The smallest absolute Gasteiger partial charge is 0.341 e. The van der Waals surface area contributed by atoms with Crippen molar-refractivity contribution in [1.29, 1.82) is 0 Å². The summed E-state index contributed by atoms with van der Waals surface area (Å²) in [6.07, 6.45) is 5.26. The number of ether oxygens (including phenoxy) is 1. The predicted octanol–water partition coefficient (Wildman–Crippen LogP) is 0.557. The quantitative estimate of drug-likeness (QED) is 0.450. The van der Waals surface area contributed by atoms with Gasteiger partial charge in [-0.05, 0) is 38.8 Å². The Morgan fingerprint density at radius 2 is 2.22 bits per heavy atom. The average molecular weight is 251 g/mol. The summed E-state index contributed by atoms with van der Waals surface area (Å²) in [6.45, 7) is 5.50. The normalized spacial score (nSPS) is 31.8. The van der Waals surface area contributed by atoms with E-state index in [1.54, 1.807) is 13.1 Å². The molecule has 0 radical (unpaired) electrons. The van der Waals surface area contributed by atoms with Crippen LogP contribution in [-0.2, 0) is 9.53 Å². The van der Waals surface area contributed by atoms with E-state index in [0.717, 1.165) is 6.54 Å². The number of rotatable bonds is 4. The van der Waals surface area contributed by atoms with Gasteiger partial charge in [0.15, 0.2) is 0 Å². The average Bonchev–Trinajstić information content (AvgIpc) is 2.41. The Morgan fingerprint density at radius 3 is 2.72 bits per heavy atom. The fourth-order valence-electron chi connectivity index (χ4n) is 2.66. The molecule has 100 valence electrons. The third-order valence-corrected chi connectivity index (χ3v) is 3.72. The molecule has 5 heteroatoms. The van der Waals surface area contributed by atoms with Gasteiger partial charge in [-0.1, -0.05) is 0 Å². The summed E-state index contributed by atoms with van der Waals surface area (Å²) in [5, 5.41) is 0. The Kier molecular flexibility index (Phi) is 4.36. The minimum Gasteiger partial charge on any atom is -0.462 e. The molecule has 3 aliphatic rings. The van der Waals surface area contributed by atoms with Crippen LogP contribution in [0.15, 0.2) is 16.8 Å². The van der Waals surface area contributed by atoms with Crippen molar-refractivity contribution in [3.05, 3.63) is 11.8 Å². The van der Waals surface area contributed by atoms with Crippen LogP contribution in [-0.4, -0.2) is 49.4 Å². The molecule has 3 saturated heterocycles. The number of nitrogens with two attached hydrogens (primary N) is 1. The molecule has 18 heavy (non-hydrogen) atoms. The molecule has 2 N–H and O–H groups in total. The van der Waals surface area contributed by atoms with Crippen molar-refractivity contribution in [2.75, 3.05) is 26.2 Å². The van der Waals surface area contributed by atoms with Gasteiger partial charge in [0.2, 0.25) is 0 Å². The van der Waals surface area contributed by atoms with E-state index >= 15 is 0 Å². The zero-order valence-corrected chi connectivity index (χ0v) is 10.8. The van der Waals surface area contributed by atoms with E-state index in [1.807, 2.05) is 0 Å². The molecule has 3 heterocycles.